The molecular formula is C17H23NO3. The molecule has 0 saturated heterocycles. The van der Waals surface area contributed by atoms with Gasteiger partial charge in [-0.05, 0) is 48.1 Å². The van der Waals surface area contributed by atoms with Crippen LogP contribution >= 0.6 is 0 Å². The minimum Gasteiger partial charge on any atom is -0.504 e. The van der Waals surface area contributed by atoms with Crippen LogP contribution in [-0.2, 0) is 0 Å². The second-order valence-electron chi connectivity index (χ2n) is 7.49. The van der Waals surface area contributed by atoms with Gasteiger partial charge in [-0.15, -0.1) is 0 Å². The van der Waals surface area contributed by atoms with Crippen molar-refractivity contribution in [2.45, 2.75) is 46.1 Å². The summed E-state index contributed by atoms with van der Waals surface area (Å²) in [7, 11) is 0. The van der Waals surface area contributed by atoms with Gasteiger partial charge in [0.05, 0.1) is 5.56 Å². The highest BCUT2D eigenvalue weighted by molar-refractivity contribution is 5.97. The van der Waals surface area contributed by atoms with Crippen LogP contribution in [0, 0.1) is 16.7 Å². The van der Waals surface area contributed by atoms with E-state index in [1.165, 1.54) is 18.6 Å². The van der Waals surface area contributed by atoms with Crippen LogP contribution in [0.25, 0.3) is 0 Å². The van der Waals surface area contributed by atoms with Crippen LogP contribution in [0.15, 0.2) is 18.2 Å². The maximum atomic E-state index is 12.5. The molecule has 3 unspecified atom stereocenters. The first-order chi connectivity index (χ1) is 9.75. The molecule has 2 bridgehead atoms. The number of hydrogen-bond acceptors (Lipinski definition) is 3. The molecule has 21 heavy (non-hydrogen) atoms. The molecule has 3 atom stereocenters. The average Bonchev–Trinajstić information content (AvgIpc) is 2.89. The van der Waals surface area contributed by atoms with E-state index < -0.39 is 0 Å². The van der Waals surface area contributed by atoms with E-state index in [-0.39, 0.29) is 39.8 Å². The lowest BCUT2D eigenvalue weighted by molar-refractivity contribution is 0.0734. The number of phenolic OH excluding ortho intramolecular Hbond substituents is 2. The van der Waals surface area contributed by atoms with E-state index in [1.54, 1.807) is 6.07 Å². The van der Waals surface area contributed by atoms with E-state index in [0.29, 0.717) is 5.92 Å². The second-order valence-corrected chi connectivity index (χ2v) is 7.49. The molecule has 0 heterocycles. The largest absolute Gasteiger partial charge is 0.504 e. The van der Waals surface area contributed by atoms with Crippen LogP contribution in [0.4, 0.5) is 0 Å². The standard InChI is InChI=1S/C17H23NO3/c1-16(2)10-7-8-17(3,9-10)15(16)18-14(21)11-5-4-6-12(19)13(11)20/h4-6,10,15,19-20H,7-9H2,1-3H3,(H,18,21). The number of fused-ring (bicyclic) bond motifs is 2. The summed E-state index contributed by atoms with van der Waals surface area (Å²) >= 11 is 0. The van der Waals surface area contributed by atoms with Gasteiger partial charge >= 0.3 is 0 Å². The second kappa shape index (κ2) is 4.39. The van der Waals surface area contributed by atoms with Crippen LogP contribution in [0.2, 0.25) is 0 Å². The molecule has 3 rings (SSSR count). The molecule has 114 valence electrons. The summed E-state index contributed by atoms with van der Waals surface area (Å²) < 4.78 is 0. The zero-order valence-electron chi connectivity index (χ0n) is 12.8. The van der Waals surface area contributed by atoms with Crippen molar-refractivity contribution in [3.8, 4) is 11.5 Å². The van der Waals surface area contributed by atoms with E-state index in [2.05, 4.69) is 26.1 Å². The Kier molecular flexibility index (Phi) is 2.98. The molecule has 1 aromatic carbocycles. The smallest absolute Gasteiger partial charge is 0.255 e. The van der Waals surface area contributed by atoms with Gasteiger partial charge in [-0.25, -0.2) is 0 Å². The Labute approximate surface area is 125 Å². The Morgan fingerprint density at radius 3 is 2.62 bits per heavy atom. The van der Waals surface area contributed by atoms with Gasteiger partial charge in [-0.1, -0.05) is 26.8 Å². The number of carbonyl (C=O) groups is 1. The van der Waals surface area contributed by atoms with Crippen molar-refractivity contribution in [2.75, 3.05) is 0 Å². The molecule has 4 nitrogen and oxygen atoms in total. The average molecular weight is 289 g/mol. The number of nitrogens with one attached hydrogen (secondary N) is 1. The number of aromatic hydroxyl groups is 2. The molecule has 1 amide bonds. The molecule has 2 aliphatic rings. The fourth-order valence-corrected chi connectivity index (χ4v) is 4.59. The maximum Gasteiger partial charge on any atom is 0.255 e. The quantitative estimate of drug-likeness (QED) is 0.733. The van der Waals surface area contributed by atoms with Crippen molar-refractivity contribution in [1.82, 2.24) is 5.32 Å². The molecule has 1 aromatic rings. The number of hydrogen-bond donors (Lipinski definition) is 3. The summed E-state index contributed by atoms with van der Waals surface area (Å²) in [5.41, 5.74) is 0.336. The van der Waals surface area contributed by atoms with Crippen molar-refractivity contribution >= 4 is 5.91 Å². The maximum absolute atomic E-state index is 12.5. The van der Waals surface area contributed by atoms with Gasteiger partial charge in [0.15, 0.2) is 11.5 Å². The molecule has 0 aromatic heterocycles. The van der Waals surface area contributed by atoms with E-state index >= 15 is 0 Å². The summed E-state index contributed by atoms with van der Waals surface area (Å²) in [6, 6.07) is 4.57. The summed E-state index contributed by atoms with van der Waals surface area (Å²) in [4.78, 5) is 12.5. The monoisotopic (exact) mass is 289 g/mol. The van der Waals surface area contributed by atoms with Crippen LogP contribution in [0.1, 0.15) is 50.4 Å². The molecule has 3 N–H and O–H groups in total. The molecule has 0 aliphatic heterocycles. The summed E-state index contributed by atoms with van der Waals surface area (Å²) in [5.74, 6) is -0.275. The van der Waals surface area contributed by atoms with Crippen molar-refractivity contribution < 1.29 is 15.0 Å². The van der Waals surface area contributed by atoms with Gasteiger partial charge in [0.1, 0.15) is 0 Å². The Balaban J connectivity index is 1.87. The first-order valence-corrected chi connectivity index (χ1v) is 7.57. The number of benzene rings is 1. The van der Waals surface area contributed by atoms with Gasteiger partial charge in [-0.2, -0.15) is 0 Å². The number of amides is 1. The Hall–Kier alpha value is -1.71. The zero-order valence-corrected chi connectivity index (χ0v) is 12.8. The van der Waals surface area contributed by atoms with Crippen LogP contribution in [-0.4, -0.2) is 22.2 Å². The van der Waals surface area contributed by atoms with E-state index in [4.69, 9.17) is 0 Å². The summed E-state index contributed by atoms with van der Waals surface area (Å²) in [6.07, 6.45) is 3.52. The normalized spacial score (nSPS) is 33.1. The highest BCUT2D eigenvalue weighted by atomic mass is 16.3. The van der Waals surface area contributed by atoms with Gasteiger partial charge in [-0.3, -0.25) is 4.79 Å². The lowest BCUT2D eigenvalue weighted by Gasteiger charge is -2.43. The molecule has 2 fully saturated rings. The van der Waals surface area contributed by atoms with Crippen LogP contribution < -0.4 is 5.32 Å². The van der Waals surface area contributed by atoms with Crippen molar-refractivity contribution in [1.29, 1.82) is 0 Å². The topological polar surface area (TPSA) is 69.6 Å². The molecule has 4 heteroatoms. The lowest BCUT2D eigenvalue weighted by Crippen LogP contribution is -2.52. The number of carbonyl (C=O) groups excluding carboxylic acids is 1. The minimum atomic E-state index is -0.346. The van der Waals surface area contributed by atoms with Crippen LogP contribution in [0.3, 0.4) is 0 Å². The van der Waals surface area contributed by atoms with Gasteiger partial charge in [0, 0.05) is 6.04 Å². The zero-order chi connectivity index (χ0) is 15.4. The fourth-order valence-electron chi connectivity index (χ4n) is 4.59. The van der Waals surface area contributed by atoms with Crippen molar-refractivity contribution in [3.05, 3.63) is 23.8 Å². The highest BCUT2D eigenvalue weighted by Gasteiger charge is 2.59. The van der Waals surface area contributed by atoms with Crippen LogP contribution in [0.5, 0.6) is 11.5 Å². The summed E-state index contributed by atoms with van der Waals surface area (Å²) in [6.45, 7) is 6.68. The predicted molar refractivity (Wildman–Crippen MR) is 80.3 cm³/mol. The predicted octanol–water partition coefficient (Wildman–Crippen LogP) is 3.04. The van der Waals surface area contributed by atoms with Gasteiger partial charge in [0.2, 0.25) is 0 Å². The molecular weight excluding hydrogens is 266 g/mol. The minimum absolute atomic E-state index is 0.0646. The fraction of sp³-hybridized carbons (Fsp3) is 0.588. The third kappa shape index (κ3) is 2.00. The molecule has 0 radical (unpaired) electrons. The third-order valence-corrected chi connectivity index (χ3v) is 5.80. The Morgan fingerprint density at radius 1 is 1.29 bits per heavy atom. The lowest BCUT2D eigenvalue weighted by atomic mass is 9.68. The van der Waals surface area contributed by atoms with E-state index in [9.17, 15) is 15.0 Å². The SMILES string of the molecule is CC12CCC(C1)C(C)(C)C2NC(=O)c1cccc(O)c1O. The Bertz CT molecular complexity index is 591. The Morgan fingerprint density at radius 2 is 2.00 bits per heavy atom. The van der Waals surface area contributed by atoms with Crippen molar-refractivity contribution in [2.24, 2.45) is 16.7 Å². The first kappa shape index (κ1) is 14.2. The first-order valence-electron chi connectivity index (χ1n) is 7.57. The van der Waals surface area contributed by atoms with E-state index in [0.717, 1.165) is 12.8 Å². The number of rotatable bonds is 2. The number of phenols is 2. The highest BCUT2D eigenvalue weighted by Crippen LogP contribution is 2.62. The molecule has 0 spiro atoms. The molecule has 2 aliphatic carbocycles. The van der Waals surface area contributed by atoms with Crippen molar-refractivity contribution in [3.63, 3.8) is 0 Å². The van der Waals surface area contributed by atoms with E-state index in [1.807, 2.05) is 0 Å². The molecule has 2 saturated carbocycles. The van der Waals surface area contributed by atoms with Gasteiger partial charge in [0.25, 0.3) is 5.91 Å². The van der Waals surface area contributed by atoms with Gasteiger partial charge < -0.3 is 15.5 Å². The third-order valence-electron chi connectivity index (χ3n) is 5.80. The number of para-hydroxylation sites is 1. The summed E-state index contributed by atoms with van der Waals surface area (Å²) in [5, 5.41) is 22.5.